The van der Waals surface area contributed by atoms with Crippen molar-refractivity contribution in [1.29, 1.82) is 0 Å². The lowest BCUT2D eigenvalue weighted by molar-refractivity contribution is 0.428. The van der Waals surface area contributed by atoms with Gasteiger partial charge in [0.2, 0.25) is 0 Å². The number of aromatic amines is 1. The maximum Gasteiger partial charge on any atom is 0.183 e. The monoisotopic (exact) mass is 441 g/mol. The molecule has 0 radical (unpaired) electrons. The average Bonchev–Trinajstić information content (AvgIpc) is 3.24. The maximum atomic E-state index is 5.09. The lowest BCUT2D eigenvalue weighted by Gasteiger charge is -2.35. The molecule has 3 heterocycles. The number of nitrogens with zero attached hydrogens (tertiary/aromatic N) is 5. The Bertz CT molecular complexity index is 1220. The molecule has 1 aliphatic heterocycles. The van der Waals surface area contributed by atoms with Crippen molar-refractivity contribution < 1.29 is 0 Å². The molecule has 0 bridgehead atoms. The Hall–Kier alpha value is -3.32. The van der Waals surface area contributed by atoms with Crippen LogP contribution in [0.15, 0.2) is 48.5 Å². The summed E-state index contributed by atoms with van der Waals surface area (Å²) in [5.74, 6) is 1.64. The van der Waals surface area contributed by atoms with E-state index in [1.807, 2.05) is 19.1 Å². The quantitative estimate of drug-likeness (QED) is 0.450. The second kappa shape index (κ2) is 9.67. The van der Waals surface area contributed by atoms with Gasteiger partial charge in [0.25, 0.3) is 0 Å². The molecule has 1 aliphatic rings. The van der Waals surface area contributed by atoms with E-state index in [-0.39, 0.29) is 0 Å². The van der Waals surface area contributed by atoms with Crippen LogP contribution in [0.3, 0.4) is 0 Å². The molecule has 2 N–H and O–H groups in total. The molecule has 0 aliphatic carbocycles. The van der Waals surface area contributed by atoms with E-state index in [2.05, 4.69) is 68.8 Å². The molecule has 1 saturated heterocycles. The summed E-state index contributed by atoms with van der Waals surface area (Å²) in [4.78, 5) is 7.49. The number of H-pyrrole nitrogens is 1. The second-order valence-corrected chi connectivity index (χ2v) is 8.86. The van der Waals surface area contributed by atoms with Crippen LogP contribution >= 0.6 is 0 Å². The van der Waals surface area contributed by atoms with E-state index in [4.69, 9.17) is 10.1 Å². The predicted octanol–water partition coefficient (Wildman–Crippen LogP) is 4.09. The van der Waals surface area contributed by atoms with Gasteiger partial charge in [-0.2, -0.15) is 5.10 Å². The first-order chi connectivity index (χ1) is 16.2. The normalized spacial score (nSPS) is 16.4. The summed E-state index contributed by atoms with van der Waals surface area (Å²) in [5.41, 5.74) is 5.24. The largest absolute Gasteiger partial charge is 0.352 e. The van der Waals surface area contributed by atoms with Crippen LogP contribution in [-0.2, 0) is 12.8 Å². The number of fused-ring (bicyclic) bond motifs is 1. The zero-order valence-corrected chi connectivity index (χ0v) is 19.4. The first-order valence-corrected chi connectivity index (χ1v) is 11.9. The molecule has 5 rings (SSSR count). The van der Waals surface area contributed by atoms with Gasteiger partial charge >= 0.3 is 0 Å². The Kier molecular flexibility index (Phi) is 6.30. The fourth-order valence-electron chi connectivity index (χ4n) is 4.62. The highest BCUT2D eigenvalue weighted by Gasteiger charge is 2.24. The molecule has 2 aromatic carbocycles. The number of benzene rings is 2. The van der Waals surface area contributed by atoms with E-state index in [0.29, 0.717) is 11.9 Å². The van der Waals surface area contributed by atoms with Gasteiger partial charge in [-0.1, -0.05) is 43.7 Å². The highest BCUT2D eigenvalue weighted by atomic mass is 15.3. The Morgan fingerprint density at radius 1 is 1.06 bits per heavy atom. The van der Waals surface area contributed by atoms with Gasteiger partial charge < -0.3 is 10.2 Å². The van der Waals surface area contributed by atoms with Gasteiger partial charge in [0, 0.05) is 42.3 Å². The summed E-state index contributed by atoms with van der Waals surface area (Å²) in [7, 11) is 0. The minimum absolute atomic E-state index is 0.481. The van der Waals surface area contributed by atoms with E-state index < -0.39 is 0 Å². The molecule has 0 saturated carbocycles. The Labute approximate surface area is 194 Å². The topological polar surface area (TPSA) is 82.6 Å². The zero-order chi connectivity index (χ0) is 22.6. The first-order valence-electron chi connectivity index (χ1n) is 11.9. The Morgan fingerprint density at radius 2 is 1.94 bits per heavy atom. The molecule has 1 fully saturated rings. The highest BCUT2D eigenvalue weighted by Crippen LogP contribution is 2.26. The van der Waals surface area contributed by atoms with E-state index >= 15 is 0 Å². The van der Waals surface area contributed by atoms with E-state index in [1.54, 1.807) is 0 Å². The van der Waals surface area contributed by atoms with Gasteiger partial charge in [0.05, 0.1) is 5.52 Å². The summed E-state index contributed by atoms with van der Waals surface area (Å²) in [6.45, 7) is 7.11. The third kappa shape index (κ3) is 4.73. The second-order valence-electron chi connectivity index (χ2n) is 8.86. The molecular weight excluding hydrogens is 410 g/mol. The fraction of sp³-hybridized carbons (Fsp3) is 0.385. The van der Waals surface area contributed by atoms with Crippen molar-refractivity contribution >= 4 is 16.7 Å². The summed E-state index contributed by atoms with van der Waals surface area (Å²) in [5, 5.41) is 21.4. The summed E-state index contributed by atoms with van der Waals surface area (Å²) in [6.07, 6.45) is 4.08. The van der Waals surface area contributed by atoms with Gasteiger partial charge in [0.15, 0.2) is 11.6 Å². The molecule has 0 amide bonds. The van der Waals surface area contributed by atoms with Crippen molar-refractivity contribution in [2.75, 3.05) is 24.5 Å². The van der Waals surface area contributed by atoms with Crippen molar-refractivity contribution in [2.24, 2.45) is 0 Å². The molecule has 170 valence electrons. The molecule has 4 aromatic rings. The molecule has 0 spiro atoms. The predicted molar refractivity (Wildman–Crippen MR) is 132 cm³/mol. The first kappa shape index (κ1) is 21.5. The maximum absolute atomic E-state index is 5.09. The molecule has 7 heteroatoms. The zero-order valence-electron chi connectivity index (χ0n) is 19.4. The number of rotatable bonds is 7. The number of hydrogen-bond acceptors (Lipinski definition) is 6. The van der Waals surface area contributed by atoms with Crippen LogP contribution in [0.1, 0.15) is 36.7 Å². The van der Waals surface area contributed by atoms with E-state index in [0.717, 1.165) is 72.6 Å². The van der Waals surface area contributed by atoms with Crippen molar-refractivity contribution in [3.63, 3.8) is 0 Å². The highest BCUT2D eigenvalue weighted by molar-refractivity contribution is 5.85. The molecule has 2 aromatic heterocycles. The van der Waals surface area contributed by atoms with Gasteiger partial charge in [-0.05, 0) is 49.9 Å². The third-order valence-corrected chi connectivity index (χ3v) is 6.42. The van der Waals surface area contributed by atoms with Crippen LogP contribution in [-0.4, -0.2) is 51.1 Å². The Morgan fingerprint density at radius 3 is 2.79 bits per heavy atom. The standard InChI is InChI=1S/C26H31N7/c1-3-7-21-17-33(15-14-27-21)26-24(12-10-19-8-5-4-6-9-19)31-32-25(28-26)20-11-13-23-22(16-20)18(2)29-30-23/h4-6,8-9,11,13,16,21,27H,3,7,10,12,14-15,17H2,1-2H3,(H,29,30). The number of nitrogens with one attached hydrogen (secondary N) is 2. The minimum Gasteiger partial charge on any atom is -0.352 e. The van der Waals surface area contributed by atoms with Crippen LogP contribution in [0.2, 0.25) is 0 Å². The lowest BCUT2D eigenvalue weighted by Crippen LogP contribution is -2.51. The smallest absolute Gasteiger partial charge is 0.183 e. The summed E-state index contributed by atoms with van der Waals surface area (Å²) < 4.78 is 0. The molecule has 1 unspecified atom stereocenters. The molecular formula is C26H31N7. The van der Waals surface area contributed by atoms with Gasteiger partial charge in [0.1, 0.15) is 5.69 Å². The van der Waals surface area contributed by atoms with Crippen molar-refractivity contribution in [3.8, 4) is 11.4 Å². The van der Waals surface area contributed by atoms with Crippen LogP contribution in [0.4, 0.5) is 5.82 Å². The fourth-order valence-corrected chi connectivity index (χ4v) is 4.62. The Balaban J connectivity index is 1.49. The SMILES string of the molecule is CCCC1CN(c2nc(-c3ccc4n[nH]c(C)c4c3)nnc2CCc2ccccc2)CCN1. The summed E-state index contributed by atoms with van der Waals surface area (Å²) >= 11 is 0. The van der Waals surface area contributed by atoms with Crippen molar-refractivity contribution in [2.45, 2.75) is 45.6 Å². The summed E-state index contributed by atoms with van der Waals surface area (Å²) in [6, 6.07) is 17.2. The van der Waals surface area contributed by atoms with Gasteiger partial charge in [-0.25, -0.2) is 4.98 Å². The van der Waals surface area contributed by atoms with Crippen LogP contribution < -0.4 is 10.2 Å². The van der Waals surface area contributed by atoms with Crippen molar-refractivity contribution in [1.82, 2.24) is 30.7 Å². The molecule has 1 atom stereocenters. The molecule has 33 heavy (non-hydrogen) atoms. The van der Waals surface area contributed by atoms with E-state index in [1.165, 1.54) is 12.0 Å². The molecule has 7 nitrogen and oxygen atoms in total. The van der Waals surface area contributed by atoms with Crippen LogP contribution in [0, 0.1) is 6.92 Å². The lowest BCUT2D eigenvalue weighted by atomic mass is 10.1. The number of aromatic nitrogens is 5. The van der Waals surface area contributed by atoms with E-state index in [9.17, 15) is 0 Å². The van der Waals surface area contributed by atoms with Crippen molar-refractivity contribution in [3.05, 3.63) is 65.5 Å². The average molecular weight is 442 g/mol. The minimum atomic E-state index is 0.481. The number of aryl methyl sites for hydroxylation is 3. The number of piperazine rings is 1. The van der Waals surface area contributed by atoms with Crippen LogP contribution in [0.5, 0.6) is 0 Å². The van der Waals surface area contributed by atoms with Crippen LogP contribution in [0.25, 0.3) is 22.3 Å². The number of hydrogen-bond donors (Lipinski definition) is 2. The third-order valence-electron chi connectivity index (χ3n) is 6.42. The number of anilines is 1. The van der Waals surface area contributed by atoms with Gasteiger partial charge in [-0.3, -0.25) is 5.10 Å². The van der Waals surface area contributed by atoms with Gasteiger partial charge in [-0.15, -0.1) is 10.2 Å².